The van der Waals surface area contributed by atoms with E-state index in [0.29, 0.717) is 54.5 Å². The first-order valence-electron chi connectivity index (χ1n) is 11.2. The van der Waals surface area contributed by atoms with Gasteiger partial charge < -0.3 is 15.0 Å². The van der Waals surface area contributed by atoms with E-state index < -0.39 is 5.97 Å². The number of benzene rings is 1. The number of nitrogens with zero attached hydrogens (tertiary/aromatic N) is 4. The fraction of sp³-hybridized carbons (Fsp3) is 0.375. The third kappa shape index (κ3) is 5.01. The summed E-state index contributed by atoms with van der Waals surface area (Å²) >= 11 is 1.41. The molecule has 0 atom stereocenters. The Morgan fingerprint density at radius 2 is 1.85 bits per heavy atom. The number of carbonyl (C=O) groups excluding carboxylic acids is 3. The van der Waals surface area contributed by atoms with Crippen LogP contribution in [0.3, 0.4) is 0 Å². The number of hydrogen-bond donors (Lipinski definition) is 1. The smallest absolute Gasteiger partial charge is 0.341 e. The van der Waals surface area contributed by atoms with Crippen LogP contribution in [0.15, 0.2) is 35.8 Å². The highest BCUT2D eigenvalue weighted by Crippen LogP contribution is 2.23. The summed E-state index contributed by atoms with van der Waals surface area (Å²) in [6, 6.07) is 7.12. The van der Waals surface area contributed by atoms with Crippen LogP contribution in [-0.2, 0) is 9.53 Å². The van der Waals surface area contributed by atoms with Gasteiger partial charge in [0.25, 0.3) is 5.91 Å². The highest BCUT2D eigenvalue weighted by Gasteiger charge is 2.28. The minimum atomic E-state index is -0.406. The van der Waals surface area contributed by atoms with Crippen LogP contribution in [0.1, 0.15) is 51.9 Å². The van der Waals surface area contributed by atoms with Crippen LogP contribution in [-0.4, -0.2) is 57.1 Å². The molecule has 0 radical (unpaired) electrons. The molecule has 2 aromatic heterocycles. The topological polar surface area (TPSA) is 106 Å². The minimum absolute atomic E-state index is 0.0393. The maximum Gasteiger partial charge on any atom is 0.341 e. The number of aromatic nitrogens is 3. The third-order valence-electron chi connectivity index (χ3n) is 5.87. The molecule has 0 saturated carbocycles. The zero-order chi connectivity index (χ0) is 24.2. The number of carbonyl (C=O) groups is 3. The van der Waals surface area contributed by atoms with Gasteiger partial charge in [-0.2, -0.15) is 5.10 Å². The summed E-state index contributed by atoms with van der Waals surface area (Å²) in [6.07, 6.45) is 2.72. The normalized spacial score (nSPS) is 14.1. The van der Waals surface area contributed by atoms with Crippen molar-refractivity contribution < 1.29 is 19.1 Å². The number of likely N-dealkylation sites (tertiary alicyclic amines) is 1. The molecule has 10 heteroatoms. The molecule has 0 unspecified atom stereocenters. The lowest BCUT2D eigenvalue weighted by Gasteiger charge is -2.31. The SMILES string of the molecule is CCOC(=O)c1cnn(-c2ccc(C(=O)N3CCC(C(=O)Nc4nc(C)cs4)CC3)cc2)c1C. The van der Waals surface area contributed by atoms with Crippen LogP contribution < -0.4 is 5.32 Å². The number of piperidine rings is 1. The molecule has 0 spiro atoms. The average Bonchev–Trinajstić information content (AvgIpc) is 3.43. The van der Waals surface area contributed by atoms with Gasteiger partial charge in [-0.1, -0.05) is 0 Å². The molecule has 178 valence electrons. The predicted octanol–water partition coefficient (Wildman–Crippen LogP) is 3.61. The van der Waals surface area contributed by atoms with E-state index >= 15 is 0 Å². The van der Waals surface area contributed by atoms with E-state index in [1.165, 1.54) is 17.5 Å². The maximum absolute atomic E-state index is 13.0. The largest absolute Gasteiger partial charge is 0.462 e. The fourth-order valence-corrected chi connectivity index (χ4v) is 4.66. The van der Waals surface area contributed by atoms with Gasteiger partial charge in [-0.15, -0.1) is 11.3 Å². The Morgan fingerprint density at radius 1 is 1.15 bits per heavy atom. The van der Waals surface area contributed by atoms with Gasteiger partial charge in [0, 0.05) is 30.0 Å². The van der Waals surface area contributed by atoms with E-state index in [9.17, 15) is 14.4 Å². The molecule has 0 aliphatic carbocycles. The Kier molecular flexibility index (Phi) is 7.06. The van der Waals surface area contributed by atoms with Crippen LogP contribution in [0.2, 0.25) is 0 Å². The lowest BCUT2D eigenvalue weighted by molar-refractivity contribution is -0.121. The van der Waals surface area contributed by atoms with E-state index in [1.54, 1.807) is 47.7 Å². The Labute approximate surface area is 201 Å². The van der Waals surface area contributed by atoms with Gasteiger partial charge in [-0.05, 0) is 57.9 Å². The number of hydrogen-bond acceptors (Lipinski definition) is 7. The molecule has 1 aliphatic rings. The molecule has 1 aromatic carbocycles. The summed E-state index contributed by atoms with van der Waals surface area (Å²) in [6.45, 7) is 6.79. The second kappa shape index (κ2) is 10.2. The monoisotopic (exact) mass is 481 g/mol. The van der Waals surface area contributed by atoms with Crippen molar-refractivity contribution in [3.8, 4) is 5.69 Å². The van der Waals surface area contributed by atoms with Crippen LogP contribution in [0.25, 0.3) is 5.69 Å². The molecule has 9 nitrogen and oxygen atoms in total. The van der Waals surface area contributed by atoms with Crippen molar-refractivity contribution in [3.63, 3.8) is 0 Å². The van der Waals surface area contributed by atoms with Crippen LogP contribution in [0, 0.1) is 19.8 Å². The average molecular weight is 482 g/mol. The van der Waals surface area contributed by atoms with E-state index in [-0.39, 0.29) is 17.7 Å². The molecule has 1 saturated heterocycles. The standard InChI is InChI=1S/C24H27N5O4S/c1-4-33-23(32)20-13-25-29(16(20)3)19-7-5-18(6-8-19)22(31)28-11-9-17(10-12-28)21(30)27-24-26-15(2)14-34-24/h5-8,13-14,17H,4,9-12H2,1-3H3,(H,26,27,30). The maximum atomic E-state index is 13.0. The van der Waals surface area contributed by atoms with Crippen molar-refractivity contribution in [2.24, 2.45) is 5.92 Å². The van der Waals surface area contributed by atoms with E-state index in [4.69, 9.17) is 4.74 Å². The summed E-state index contributed by atoms with van der Waals surface area (Å²) in [5.74, 6) is -0.642. The van der Waals surface area contributed by atoms with Gasteiger partial charge in [0.15, 0.2) is 5.13 Å². The van der Waals surface area contributed by atoms with Gasteiger partial charge in [-0.3, -0.25) is 9.59 Å². The molecular weight excluding hydrogens is 454 g/mol. The molecule has 1 aliphatic heterocycles. The number of anilines is 1. The number of ether oxygens (including phenoxy) is 1. The van der Waals surface area contributed by atoms with Crippen molar-refractivity contribution in [1.29, 1.82) is 0 Å². The number of amides is 2. The lowest BCUT2D eigenvalue weighted by atomic mass is 9.95. The molecule has 2 amide bonds. The first-order valence-corrected chi connectivity index (χ1v) is 12.1. The highest BCUT2D eigenvalue weighted by molar-refractivity contribution is 7.13. The number of esters is 1. The first kappa shape index (κ1) is 23.6. The van der Waals surface area contributed by atoms with Crippen LogP contribution >= 0.6 is 11.3 Å². The summed E-state index contributed by atoms with van der Waals surface area (Å²) < 4.78 is 6.71. The van der Waals surface area contributed by atoms with Crippen molar-refractivity contribution in [1.82, 2.24) is 19.7 Å². The van der Waals surface area contributed by atoms with Gasteiger partial charge in [0.05, 0.1) is 29.9 Å². The molecule has 1 N–H and O–H groups in total. The molecule has 0 bridgehead atoms. The zero-order valence-corrected chi connectivity index (χ0v) is 20.2. The molecule has 34 heavy (non-hydrogen) atoms. The van der Waals surface area contributed by atoms with Crippen molar-refractivity contribution >= 4 is 34.3 Å². The van der Waals surface area contributed by atoms with E-state index in [2.05, 4.69) is 15.4 Å². The highest BCUT2D eigenvalue weighted by atomic mass is 32.1. The van der Waals surface area contributed by atoms with Crippen LogP contribution in [0.4, 0.5) is 5.13 Å². The third-order valence-corrected chi connectivity index (χ3v) is 6.74. The Morgan fingerprint density at radius 3 is 2.47 bits per heavy atom. The fourth-order valence-electron chi connectivity index (χ4n) is 3.97. The number of nitrogens with one attached hydrogen (secondary N) is 1. The van der Waals surface area contributed by atoms with Crippen molar-refractivity contribution in [2.75, 3.05) is 25.0 Å². The molecular formula is C24H27N5O4S. The molecule has 4 rings (SSSR count). The quantitative estimate of drug-likeness (QED) is 0.539. The molecule has 1 fully saturated rings. The van der Waals surface area contributed by atoms with Crippen molar-refractivity contribution in [2.45, 2.75) is 33.6 Å². The van der Waals surface area contributed by atoms with Crippen LogP contribution in [0.5, 0.6) is 0 Å². The second-order valence-electron chi connectivity index (χ2n) is 8.17. The number of aryl methyl sites for hydroxylation is 1. The summed E-state index contributed by atoms with van der Waals surface area (Å²) in [7, 11) is 0. The first-order chi connectivity index (χ1) is 16.4. The molecule has 3 aromatic rings. The second-order valence-corrected chi connectivity index (χ2v) is 9.03. The zero-order valence-electron chi connectivity index (χ0n) is 19.4. The summed E-state index contributed by atoms with van der Waals surface area (Å²) in [4.78, 5) is 43.6. The van der Waals surface area contributed by atoms with Gasteiger partial charge in [0.1, 0.15) is 5.56 Å². The Hall–Kier alpha value is -3.53. The summed E-state index contributed by atoms with van der Waals surface area (Å²) in [5.41, 5.74) is 3.29. The van der Waals surface area contributed by atoms with Gasteiger partial charge >= 0.3 is 5.97 Å². The van der Waals surface area contributed by atoms with E-state index in [1.807, 2.05) is 12.3 Å². The summed E-state index contributed by atoms with van der Waals surface area (Å²) in [5, 5.41) is 9.68. The molecule has 3 heterocycles. The Bertz CT molecular complexity index is 1190. The van der Waals surface area contributed by atoms with Gasteiger partial charge in [-0.25, -0.2) is 14.5 Å². The minimum Gasteiger partial charge on any atom is -0.462 e. The number of rotatable bonds is 6. The van der Waals surface area contributed by atoms with E-state index in [0.717, 1.165) is 11.4 Å². The van der Waals surface area contributed by atoms with Crippen molar-refractivity contribution in [3.05, 3.63) is 58.4 Å². The lowest BCUT2D eigenvalue weighted by Crippen LogP contribution is -2.41. The van der Waals surface area contributed by atoms with Gasteiger partial charge in [0.2, 0.25) is 5.91 Å². The Balaban J connectivity index is 1.35. The number of thiazole rings is 1. The predicted molar refractivity (Wildman–Crippen MR) is 128 cm³/mol.